The van der Waals surface area contributed by atoms with Crippen LogP contribution in [-0.2, 0) is 11.3 Å². The monoisotopic (exact) mass is 636 g/mol. The molecule has 1 saturated carbocycles. The van der Waals surface area contributed by atoms with Gasteiger partial charge >= 0.3 is 6.18 Å². The van der Waals surface area contributed by atoms with Crippen LogP contribution in [0.1, 0.15) is 54.9 Å². The highest BCUT2D eigenvalue weighted by Crippen LogP contribution is 2.38. The summed E-state index contributed by atoms with van der Waals surface area (Å²) in [6, 6.07) is 3.99. The number of halogens is 7. The molecule has 2 amide bonds. The quantitative estimate of drug-likeness (QED) is 0.188. The summed E-state index contributed by atoms with van der Waals surface area (Å²) in [6.45, 7) is 0.820. The Morgan fingerprint density at radius 2 is 1.86 bits per heavy atom. The summed E-state index contributed by atoms with van der Waals surface area (Å²) in [5.74, 6) is -2.65. The van der Waals surface area contributed by atoms with Crippen LogP contribution in [0, 0.1) is 5.92 Å². The number of imidazole rings is 1. The Labute approximate surface area is 246 Å². The van der Waals surface area contributed by atoms with E-state index >= 15 is 0 Å². The van der Waals surface area contributed by atoms with E-state index in [1.54, 1.807) is 19.1 Å². The Kier molecular flexibility index (Phi) is 9.97. The Balaban J connectivity index is 1.57. The molecule has 3 aromatic rings. The van der Waals surface area contributed by atoms with Gasteiger partial charge in [-0.1, -0.05) is 36.2 Å². The fraction of sp³-hybridized carbons (Fsp3) is 0.462. The van der Waals surface area contributed by atoms with Gasteiger partial charge in [-0.3, -0.25) is 9.59 Å². The third-order valence-electron chi connectivity index (χ3n) is 6.77. The van der Waals surface area contributed by atoms with Crippen LogP contribution in [0.15, 0.2) is 18.2 Å². The number of fused-ring (bicyclic) bond motifs is 1. The molecule has 0 aliphatic heterocycles. The molecule has 0 unspecified atom stereocenters. The van der Waals surface area contributed by atoms with Crippen molar-refractivity contribution < 1.29 is 36.3 Å². The number of hydrogen-bond donors (Lipinski definition) is 4. The summed E-state index contributed by atoms with van der Waals surface area (Å²) in [6.07, 6.45) is -6.90. The van der Waals surface area contributed by atoms with Crippen molar-refractivity contribution in [2.45, 2.75) is 64.2 Å². The Bertz CT molecular complexity index is 1440. The third kappa shape index (κ3) is 7.71. The zero-order chi connectivity index (χ0) is 30.6. The van der Waals surface area contributed by atoms with Gasteiger partial charge in [-0.05, 0) is 43.4 Å². The van der Waals surface area contributed by atoms with Crippen molar-refractivity contribution in [2.24, 2.45) is 5.92 Å². The number of carbonyl (C=O) groups is 2. The van der Waals surface area contributed by atoms with Crippen molar-refractivity contribution in [3.05, 3.63) is 39.4 Å². The van der Waals surface area contributed by atoms with Crippen LogP contribution in [-0.4, -0.2) is 52.0 Å². The number of anilines is 2. The van der Waals surface area contributed by atoms with Gasteiger partial charge in [-0.15, -0.1) is 0 Å². The molecule has 4 N–H and O–H groups in total. The van der Waals surface area contributed by atoms with Crippen LogP contribution in [0.5, 0.6) is 5.88 Å². The molecule has 4 rings (SSSR count). The minimum atomic E-state index is -4.30. The average molecular weight is 637 g/mol. The molecule has 16 heteroatoms. The molecule has 228 valence electrons. The van der Waals surface area contributed by atoms with E-state index in [2.05, 4.69) is 30.9 Å². The van der Waals surface area contributed by atoms with E-state index in [4.69, 9.17) is 27.9 Å². The molecule has 0 saturated heterocycles. The van der Waals surface area contributed by atoms with Gasteiger partial charge in [-0.25, -0.2) is 8.78 Å². The van der Waals surface area contributed by atoms with E-state index in [1.807, 2.05) is 0 Å². The second-order valence-electron chi connectivity index (χ2n) is 9.71. The summed E-state index contributed by atoms with van der Waals surface area (Å²) in [5.41, 5.74) is 0.891. The molecule has 0 bridgehead atoms. The molecule has 1 fully saturated rings. The number of ether oxygens (including phenoxy) is 1. The van der Waals surface area contributed by atoms with Crippen LogP contribution >= 0.6 is 23.2 Å². The Morgan fingerprint density at radius 3 is 2.50 bits per heavy atom. The smallest absolute Gasteiger partial charge is 0.391 e. The van der Waals surface area contributed by atoms with E-state index in [0.29, 0.717) is 12.0 Å². The molecule has 1 aliphatic rings. The molecular weight excluding hydrogens is 610 g/mol. The van der Waals surface area contributed by atoms with Crippen molar-refractivity contribution in [2.75, 3.05) is 11.9 Å². The third-order valence-corrected chi connectivity index (χ3v) is 7.51. The number of carbonyl (C=O) groups excluding carboxylic acids is 2. The van der Waals surface area contributed by atoms with Crippen LogP contribution < -0.4 is 20.7 Å². The normalized spacial score (nSPS) is 17.4. The van der Waals surface area contributed by atoms with E-state index < -0.39 is 43.0 Å². The minimum Gasteiger partial charge on any atom is -0.471 e. The number of hydrogen-bond acceptors (Lipinski definition) is 6. The van der Waals surface area contributed by atoms with Gasteiger partial charge in [0.05, 0.1) is 27.2 Å². The lowest BCUT2D eigenvalue weighted by atomic mass is 9.85. The molecule has 9 nitrogen and oxygen atoms in total. The number of H-pyrrole nitrogens is 1. The Morgan fingerprint density at radius 1 is 1.14 bits per heavy atom. The molecule has 0 radical (unpaired) electrons. The molecule has 2 heterocycles. The SMILES string of the molecule is CCC(=O)NCc1ccc(Cl)c(Nc2nc3nc(OCC(F)F)c(C(=O)NC4CCC(C(F)(F)F)CC4)cc3[nH]2)c1Cl. The first-order valence-electron chi connectivity index (χ1n) is 13.1. The fourth-order valence-electron chi connectivity index (χ4n) is 4.51. The number of aromatic amines is 1. The van der Waals surface area contributed by atoms with Crippen molar-refractivity contribution >= 4 is 57.8 Å². The van der Waals surface area contributed by atoms with Gasteiger partial charge < -0.3 is 25.7 Å². The van der Waals surface area contributed by atoms with Crippen LogP contribution in [0.2, 0.25) is 10.0 Å². The molecule has 42 heavy (non-hydrogen) atoms. The first kappa shape index (κ1) is 31.5. The zero-order valence-corrected chi connectivity index (χ0v) is 23.7. The van der Waals surface area contributed by atoms with Gasteiger partial charge in [0.1, 0.15) is 5.56 Å². The predicted octanol–water partition coefficient (Wildman–Crippen LogP) is 6.53. The van der Waals surface area contributed by atoms with Crippen molar-refractivity contribution in [3.8, 4) is 5.88 Å². The van der Waals surface area contributed by atoms with Gasteiger partial charge in [0.25, 0.3) is 12.3 Å². The summed E-state index contributed by atoms with van der Waals surface area (Å²) in [7, 11) is 0. The molecule has 1 aromatic carbocycles. The van der Waals surface area contributed by atoms with Crippen molar-refractivity contribution in [1.82, 2.24) is 25.6 Å². The van der Waals surface area contributed by atoms with Crippen LogP contribution in [0.4, 0.5) is 33.6 Å². The standard InChI is InChI=1S/C26H27Cl2F5N6O3/c1-2-19(40)34-10-12-3-8-16(27)21(20(12)28)37-25-36-17-9-15(24(38-22(17)39-25)42-11-18(29)30)23(41)35-14-6-4-13(5-7-14)26(31,32)33/h3,8-9,13-14,18H,2,4-7,10-11H2,1H3,(H,34,40)(H,35,41)(H2,36,37,38,39). The summed E-state index contributed by atoms with van der Waals surface area (Å²) in [5, 5.41) is 8.77. The topological polar surface area (TPSA) is 121 Å². The lowest BCUT2D eigenvalue weighted by molar-refractivity contribution is -0.182. The number of rotatable bonds is 10. The first-order valence-corrected chi connectivity index (χ1v) is 13.8. The molecule has 0 atom stereocenters. The maximum atomic E-state index is 13.1. The minimum absolute atomic E-state index is 0.0163. The van der Waals surface area contributed by atoms with Crippen LogP contribution in [0.25, 0.3) is 11.2 Å². The highest BCUT2D eigenvalue weighted by molar-refractivity contribution is 6.39. The largest absolute Gasteiger partial charge is 0.471 e. The molecule has 0 spiro atoms. The maximum absolute atomic E-state index is 13.1. The molecule has 1 aliphatic carbocycles. The first-order chi connectivity index (χ1) is 19.8. The van der Waals surface area contributed by atoms with Crippen molar-refractivity contribution in [3.63, 3.8) is 0 Å². The fourth-order valence-corrected chi connectivity index (χ4v) is 5.04. The average Bonchev–Trinajstić information content (AvgIpc) is 3.34. The molecular formula is C26H27Cl2F5N6O3. The zero-order valence-electron chi connectivity index (χ0n) is 22.2. The number of amides is 2. The van der Waals surface area contributed by atoms with Crippen molar-refractivity contribution in [1.29, 1.82) is 0 Å². The predicted molar refractivity (Wildman–Crippen MR) is 147 cm³/mol. The number of nitrogens with zero attached hydrogens (tertiary/aromatic N) is 2. The number of pyridine rings is 1. The number of alkyl halides is 5. The Hall–Kier alpha value is -3.39. The number of aromatic nitrogens is 3. The number of benzene rings is 1. The lowest BCUT2D eigenvalue weighted by Gasteiger charge is -2.30. The van der Waals surface area contributed by atoms with E-state index in [0.717, 1.165) is 0 Å². The summed E-state index contributed by atoms with van der Waals surface area (Å²) in [4.78, 5) is 36.1. The molecule has 2 aromatic heterocycles. The maximum Gasteiger partial charge on any atom is 0.391 e. The van der Waals surface area contributed by atoms with Crippen LogP contribution in [0.3, 0.4) is 0 Å². The van der Waals surface area contributed by atoms with E-state index in [9.17, 15) is 31.5 Å². The summed E-state index contributed by atoms with van der Waals surface area (Å²) < 4.78 is 70.0. The highest BCUT2D eigenvalue weighted by atomic mass is 35.5. The van der Waals surface area contributed by atoms with Gasteiger partial charge in [0.2, 0.25) is 17.7 Å². The van der Waals surface area contributed by atoms with Gasteiger partial charge in [-0.2, -0.15) is 23.1 Å². The lowest BCUT2D eigenvalue weighted by Crippen LogP contribution is -2.40. The summed E-state index contributed by atoms with van der Waals surface area (Å²) >= 11 is 12.8. The van der Waals surface area contributed by atoms with E-state index in [1.165, 1.54) is 6.07 Å². The number of nitrogens with one attached hydrogen (secondary N) is 4. The second-order valence-corrected chi connectivity index (χ2v) is 10.5. The second kappa shape index (κ2) is 13.3. The highest BCUT2D eigenvalue weighted by Gasteiger charge is 2.41. The van der Waals surface area contributed by atoms with Gasteiger partial charge in [0, 0.05) is 19.0 Å². The van der Waals surface area contributed by atoms with Gasteiger partial charge in [0.15, 0.2) is 12.3 Å². The van der Waals surface area contributed by atoms with E-state index in [-0.39, 0.29) is 76.5 Å².